The summed E-state index contributed by atoms with van der Waals surface area (Å²) in [5.74, 6) is 0. The van der Waals surface area contributed by atoms with Gasteiger partial charge >= 0.3 is 0 Å². The minimum Gasteiger partial charge on any atom is -0.456 e. The van der Waals surface area contributed by atoms with Gasteiger partial charge in [-0.3, -0.25) is 10.1 Å². The van der Waals surface area contributed by atoms with Crippen LogP contribution < -0.4 is 22.7 Å². The molecule has 19 aromatic carbocycles. The second-order valence-corrected chi connectivity index (χ2v) is 37.1. The van der Waals surface area contributed by atoms with Crippen LogP contribution in [-0.2, 0) is 12.8 Å². The van der Waals surface area contributed by atoms with Gasteiger partial charge in [-0.15, -0.1) is 14.7 Å². The van der Waals surface area contributed by atoms with Crippen LogP contribution in [0.5, 0.6) is 0 Å². The molecular formula is C119H94BBr4Cl3N8O15. The molecular weight excluding hydrogens is 2220 g/mol. The number of hydrogen-bond donors (Lipinski definition) is 3. The minimum atomic E-state index is -0.427. The van der Waals surface area contributed by atoms with Crippen molar-refractivity contribution in [1.29, 1.82) is 5.26 Å². The topological polar surface area (TPSA) is 456 Å². The van der Waals surface area contributed by atoms with Gasteiger partial charge in [0.15, 0.2) is 0 Å². The molecule has 25 rings (SSSR count). The summed E-state index contributed by atoms with van der Waals surface area (Å²) in [6.45, 7) is 1.43. The van der Waals surface area contributed by atoms with Gasteiger partial charge in [0.1, 0.15) is 80.7 Å². The average molecular weight is 2310 g/mol. The second kappa shape index (κ2) is 54.6. The van der Waals surface area contributed by atoms with Gasteiger partial charge < -0.3 is 66.7 Å². The highest BCUT2D eigenvalue weighted by atomic mass is 79.9. The number of hydrogen-bond acceptors (Lipinski definition) is 17. The SMILES string of the molecule is Brc1ccccc1.C.CC#N.Nc1ccc2oc3ccccc3c2c1.Nc1ccc2oc3ccccc3c2c1Cl.Nc1ccc2oc3ccccc3c2c1Cl.O.O.O.O.O.O=Nc1ccccc1-c1ccc(Br)cc1.O=Nc1ccccc1-c1ccc(Cc2ccc3oc4ccccc4c3c2Cl)cc1.O=Nc1ccccc1-c1ccc2c(c1)-c1c(ccc3oc4ccccc4c13)C2.O=[N+]([O-])c1ccccc1Br.[B]c1ccc(Br)cc1. The van der Waals surface area contributed by atoms with E-state index >= 15 is 0 Å². The van der Waals surface area contributed by atoms with Crippen molar-refractivity contribution in [2.45, 2.75) is 27.2 Å². The van der Waals surface area contributed by atoms with Crippen molar-refractivity contribution in [3.63, 3.8) is 0 Å². The maximum atomic E-state index is 11.3. The fourth-order valence-electron chi connectivity index (χ4n) is 16.5. The van der Waals surface area contributed by atoms with Crippen LogP contribution in [0, 0.1) is 36.2 Å². The number of anilines is 3. The number of furan rings is 5. The molecule has 31 heteroatoms. The lowest BCUT2D eigenvalue weighted by atomic mass is 9.95. The van der Waals surface area contributed by atoms with Crippen LogP contribution in [0.15, 0.2) is 462 Å². The zero-order chi connectivity index (χ0) is 101. The number of nitrogen functional groups attached to an aromatic ring is 3. The molecule has 24 aromatic rings. The number of nitrogens with zero attached hydrogens (tertiary/aromatic N) is 5. The van der Waals surface area contributed by atoms with Gasteiger partial charge in [-0.25, -0.2) is 0 Å². The quantitative estimate of drug-likeness (QED) is 0.0398. The van der Waals surface area contributed by atoms with Gasteiger partial charge in [0.25, 0.3) is 5.69 Å². The lowest BCUT2D eigenvalue weighted by Crippen LogP contribution is -1.97. The Morgan fingerprint density at radius 1 is 0.353 bits per heavy atom. The van der Waals surface area contributed by atoms with Crippen LogP contribution in [0.25, 0.3) is 154 Å². The Morgan fingerprint density at radius 3 is 1.12 bits per heavy atom. The summed E-state index contributed by atoms with van der Waals surface area (Å²) in [5, 5.41) is 39.0. The molecule has 16 N–H and O–H groups in total. The fourth-order valence-corrected chi connectivity index (χ4v) is 18.6. The first-order valence-corrected chi connectivity index (χ1v) is 49.0. The Hall–Kier alpha value is -16.1. The first kappa shape index (κ1) is 116. The number of benzene rings is 19. The van der Waals surface area contributed by atoms with Crippen molar-refractivity contribution in [2.24, 2.45) is 15.5 Å². The maximum absolute atomic E-state index is 11.3. The molecule has 2 radical (unpaired) electrons. The number of halogens is 7. The van der Waals surface area contributed by atoms with E-state index in [0.717, 1.165) is 185 Å². The number of nitro groups is 1. The van der Waals surface area contributed by atoms with E-state index < -0.39 is 4.92 Å². The summed E-state index contributed by atoms with van der Waals surface area (Å²) in [4.78, 5) is 42.7. The summed E-state index contributed by atoms with van der Waals surface area (Å²) in [5.41, 5.74) is 42.7. The molecule has 23 nitrogen and oxygen atoms in total. The van der Waals surface area contributed by atoms with Gasteiger partial charge in [0.2, 0.25) is 0 Å². The third kappa shape index (κ3) is 27.1. The highest BCUT2D eigenvalue weighted by Gasteiger charge is 2.26. The molecule has 752 valence electrons. The van der Waals surface area contributed by atoms with Crippen LogP contribution in [0.1, 0.15) is 36.6 Å². The molecule has 0 saturated carbocycles. The molecule has 1 aliphatic rings. The van der Waals surface area contributed by atoms with Gasteiger partial charge in [-0.2, -0.15) is 5.26 Å². The van der Waals surface area contributed by atoms with Crippen molar-refractivity contribution >= 4 is 261 Å². The predicted molar refractivity (Wildman–Crippen MR) is 632 cm³/mol. The van der Waals surface area contributed by atoms with Crippen molar-refractivity contribution in [3.05, 3.63) is 486 Å². The molecule has 5 heterocycles. The molecule has 0 atom stereocenters. The van der Waals surface area contributed by atoms with Crippen LogP contribution in [0.3, 0.4) is 0 Å². The number of nitriles is 1. The molecule has 1 aliphatic carbocycles. The summed E-state index contributed by atoms with van der Waals surface area (Å²) >= 11 is 32.1. The summed E-state index contributed by atoms with van der Waals surface area (Å²) in [6.07, 6.45) is 1.62. The van der Waals surface area contributed by atoms with Crippen molar-refractivity contribution < 1.29 is 54.4 Å². The summed E-state index contributed by atoms with van der Waals surface area (Å²) in [6, 6.07) is 131. The van der Waals surface area contributed by atoms with Crippen LogP contribution in [0.2, 0.25) is 15.1 Å². The van der Waals surface area contributed by atoms with Crippen molar-refractivity contribution in [3.8, 4) is 50.6 Å². The molecule has 0 spiro atoms. The minimum absolute atomic E-state index is 0. The smallest absolute Gasteiger partial charge is 0.283 e. The Bertz CT molecular complexity index is 8720. The lowest BCUT2D eigenvalue weighted by molar-refractivity contribution is -0.385. The highest BCUT2D eigenvalue weighted by Crippen LogP contribution is 2.48. The third-order valence-corrected chi connectivity index (χ3v) is 26.7. The Balaban J connectivity index is 0.000000177. The molecule has 0 aliphatic heterocycles. The van der Waals surface area contributed by atoms with E-state index in [1.165, 1.54) is 40.6 Å². The fraction of sp³-hybridized carbons (Fsp3) is 0.0336. The Kier molecular flexibility index (Phi) is 42.1. The molecule has 0 saturated heterocycles. The third-order valence-electron chi connectivity index (χ3n) is 23.2. The Morgan fingerprint density at radius 2 is 0.687 bits per heavy atom. The molecule has 0 amide bonds. The van der Waals surface area contributed by atoms with Crippen molar-refractivity contribution in [1.82, 2.24) is 0 Å². The van der Waals surface area contributed by atoms with E-state index in [0.29, 0.717) is 49.4 Å². The zero-order valence-electron chi connectivity index (χ0n) is 78.9. The first-order chi connectivity index (χ1) is 70.1. The average Bonchev–Trinajstić information content (AvgIpc) is 1.57. The van der Waals surface area contributed by atoms with Gasteiger partial charge in [0, 0.05) is 103 Å². The van der Waals surface area contributed by atoms with E-state index in [9.17, 15) is 24.8 Å². The number of nitro benzene ring substituents is 1. The lowest BCUT2D eigenvalue weighted by Gasteiger charge is -2.08. The van der Waals surface area contributed by atoms with E-state index in [-0.39, 0.29) is 40.5 Å². The molecule has 0 fully saturated rings. The molecule has 0 unspecified atom stereocenters. The normalized spacial score (nSPS) is 10.3. The van der Waals surface area contributed by atoms with Crippen molar-refractivity contribution in [2.75, 3.05) is 17.2 Å². The number of nitrogens with two attached hydrogens (primary N) is 3. The number of fused-ring (bicyclic) bond motifs is 19. The molecule has 150 heavy (non-hydrogen) atoms. The second-order valence-electron chi connectivity index (χ2n) is 32.3. The zero-order valence-corrected chi connectivity index (χ0v) is 87.5. The molecule has 0 bridgehead atoms. The van der Waals surface area contributed by atoms with Crippen LogP contribution in [0.4, 0.5) is 39.8 Å². The predicted octanol–water partition coefficient (Wildman–Crippen LogP) is 33.5. The number of nitroso groups, excluding NO2 is 3. The van der Waals surface area contributed by atoms with E-state index in [4.69, 9.17) is 87.2 Å². The number of para-hydroxylation sites is 6. The summed E-state index contributed by atoms with van der Waals surface area (Å²) < 4.78 is 32.7. The van der Waals surface area contributed by atoms with Gasteiger partial charge in [-0.05, 0) is 246 Å². The maximum Gasteiger partial charge on any atom is 0.283 e. The number of rotatable bonds is 9. The largest absolute Gasteiger partial charge is 0.456 e. The van der Waals surface area contributed by atoms with Gasteiger partial charge in [-0.1, -0.05) is 344 Å². The monoisotopic (exact) mass is 2310 g/mol. The van der Waals surface area contributed by atoms with E-state index in [2.05, 4.69) is 134 Å². The van der Waals surface area contributed by atoms with Crippen LogP contribution in [-0.4, -0.2) is 40.2 Å². The van der Waals surface area contributed by atoms with E-state index in [1.54, 1.807) is 60.7 Å². The summed E-state index contributed by atoms with van der Waals surface area (Å²) in [7, 11) is 5.41. The molecule has 5 aromatic heterocycles. The Labute approximate surface area is 910 Å². The standard InChI is InChI=1S/C25H16ClNO2.C25H15NO2.C12H8BrNO.2C12H8ClNO.C12H9NO.C6H4BBr.C6H4BrNO2.C6H5Br.C2H3N.CH4.5H2O/c26-25-18(13-14-23-24(25)20-6-2-4-8-22(20)29-23)15-16-9-11-17(12-10-16)19-5-1-3-7-21(19)27-28;27-26-21-7-3-1-5-18(21)16-10-9-15-13-17-11-12-23-25(24(17)20(15)14-16)19-6-2-4-8-22(19)28-23;13-10-7-5-9(6-8-10)11-3-1-2-4-12(11)14-15;2*13-12-8(14)5-6-10-11(12)7-3-1-2-4-9(7)15-10;13-8-5-6-12-10(7-8)9-3-1-2-4-11(9)14-12;7-5-1-3-6(8)4-2-5;7-5-3-1-2-4-6(5)8(9)10;7-6-4-2-1-3-5-6;1-2-3;;;;;;/h1-14H,15H2;1-12,14H,13H2;1-8H;2*1-6H,14H2;1-7H,13H2;1-4H;1-4H;1-5H;1H3;1H4;5*1H2. The van der Waals surface area contributed by atoms with Crippen LogP contribution >= 0.6 is 98.5 Å². The van der Waals surface area contributed by atoms with E-state index in [1.807, 2.05) is 291 Å². The van der Waals surface area contributed by atoms with Gasteiger partial charge in [0.05, 0.1) is 41.9 Å². The highest BCUT2D eigenvalue weighted by molar-refractivity contribution is 9.11. The first-order valence-electron chi connectivity index (χ1n) is 44.7.